The Labute approximate surface area is 112 Å². The molecular formula is C15H30N2O. The molecule has 2 atom stereocenters. The van der Waals surface area contributed by atoms with Crippen molar-refractivity contribution in [3.8, 4) is 0 Å². The van der Waals surface area contributed by atoms with Crippen LogP contribution in [0.4, 0.5) is 0 Å². The number of likely N-dealkylation sites (tertiary alicyclic amines) is 1. The summed E-state index contributed by atoms with van der Waals surface area (Å²) in [4.78, 5) is 2.56. The van der Waals surface area contributed by atoms with Crippen molar-refractivity contribution >= 4 is 0 Å². The smallest absolute Gasteiger partial charge is 0.0589 e. The lowest BCUT2D eigenvalue weighted by Crippen LogP contribution is -2.48. The summed E-state index contributed by atoms with van der Waals surface area (Å²) >= 11 is 0. The summed E-state index contributed by atoms with van der Waals surface area (Å²) in [5.74, 6) is 0. The van der Waals surface area contributed by atoms with Crippen molar-refractivity contribution < 1.29 is 4.74 Å². The Bertz CT molecular complexity index is 225. The van der Waals surface area contributed by atoms with E-state index in [0.717, 1.165) is 12.6 Å². The van der Waals surface area contributed by atoms with Gasteiger partial charge in [0.15, 0.2) is 0 Å². The van der Waals surface area contributed by atoms with Crippen molar-refractivity contribution in [2.75, 3.05) is 26.2 Å². The maximum absolute atomic E-state index is 5.82. The maximum atomic E-state index is 5.82. The molecule has 2 unspecified atom stereocenters. The Hall–Kier alpha value is -0.120. The van der Waals surface area contributed by atoms with E-state index in [-0.39, 0.29) is 0 Å². The molecule has 3 nitrogen and oxygen atoms in total. The summed E-state index contributed by atoms with van der Waals surface area (Å²) in [6.45, 7) is 9.23. The van der Waals surface area contributed by atoms with E-state index in [9.17, 15) is 0 Å². The molecule has 0 spiro atoms. The Balaban J connectivity index is 1.69. The van der Waals surface area contributed by atoms with Gasteiger partial charge in [0.1, 0.15) is 0 Å². The second-order valence-corrected chi connectivity index (χ2v) is 5.88. The van der Waals surface area contributed by atoms with Gasteiger partial charge in [-0.2, -0.15) is 0 Å². The molecule has 2 heterocycles. The average Bonchev–Trinajstić information content (AvgIpc) is 2.40. The van der Waals surface area contributed by atoms with Crippen LogP contribution in [0.2, 0.25) is 0 Å². The van der Waals surface area contributed by atoms with Gasteiger partial charge in [-0.1, -0.05) is 20.3 Å². The lowest BCUT2D eigenvalue weighted by atomic mass is 9.97. The van der Waals surface area contributed by atoms with Crippen LogP contribution >= 0.6 is 0 Å². The quantitative estimate of drug-likeness (QED) is 0.815. The number of nitrogens with zero attached hydrogens (tertiary/aromatic N) is 1. The second-order valence-electron chi connectivity index (χ2n) is 5.88. The van der Waals surface area contributed by atoms with E-state index in [1.807, 2.05) is 0 Å². The summed E-state index contributed by atoms with van der Waals surface area (Å²) in [5.41, 5.74) is 0. The van der Waals surface area contributed by atoms with Gasteiger partial charge in [-0.15, -0.1) is 0 Å². The van der Waals surface area contributed by atoms with Crippen LogP contribution in [0.3, 0.4) is 0 Å². The van der Waals surface area contributed by atoms with E-state index < -0.39 is 0 Å². The molecule has 0 radical (unpaired) electrons. The third kappa shape index (κ3) is 4.22. The third-order valence-electron chi connectivity index (χ3n) is 4.48. The van der Waals surface area contributed by atoms with Gasteiger partial charge in [0, 0.05) is 18.7 Å². The lowest BCUT2D eigenvalue weighted by molar-refractivity contribution is -0.00641. The first-order valence-corrected chi connectivity index (χ1v) is 7.91. The molecule has 0 aromatic carbocycles. The summed E-state index contributed by atoms with van der Waals surface area (Å²) in [6, 6.07) is 1.45. The highest BCUT2D eigenvalue weighted by Crippen LogP contribution is 2.20. The molecule has 3 heteroatoms. The molecule has 0 saturated carbocycles. The average molecular weight is 254 g/mol. The zero-order valence-corrected chi connectivity index (χ0v) is 12.2. The predicted octanol–water partition coefficient (Wildman–Crippen LogP) is 2.41. The normalized spacial score (nSPS) is 31.7. The van der Waals surface area contributed by atoms with Gasteiger partial charge in [-0.3, -0.25) is 0 Å². The van der Waals surface area contributed by atoms with Gasteiger partial charge in [0.25, 0.3) is 0 Å². The largest absolute Gasteiger partial charge is 0.378 e. The minimum absolute atomic E-state index is 0.511. The SMILES string of the molecule is CCCC1CC(NC2CCN(CC)CC2)CCO1. The maximum Gasteiger partial charge on any atom is 0.0589 e. The number of nitrogens with one attached hydrogen (secondary N) is 1. The summed E-state index contributed by atoms with van der Waals surface area (Å²) in [7, 11) is 0. The van der Waals surface area contributed by atoms with Gasteiger partial charge >= 0.3 is 0 Å². The van der Waals surface area contributed by atoms with Crippen LogP contribution in [0.15, 0.2) is 0 Å². The fourth-order valence-corrected chi connectivity index (χ4v) is 3.30. The molecule has 0 aromatic heterocycles. The molecule has 0 aliphatic carbocycles. The van der Waals surface area contributed by atoms with E-state index in [0.29, 0.717) is 12.1 Å². The van der Waals surface area contributed by atoms with E-state index in [1.54, 1.807) is 0 Å². The van der Waals surface area contributed by atoms with Gasteiger partial charge < -0.3 is 15.0 Å². The standard InChI is InChI=1S/C15H30N2O/c1-3-5-15-12-14(8-11-18-15)16-13-6-9-17(4-2)10-7-13/h13-16H,3-12H2,1-2H3. The third-order valence-corrected chi connectivity index (χ3v) is 4.48. The van der Waals surface area contributed by atoms with Crippen molar-refractivity contribution in [1.82, 2.24) is 10.2 Å². The van der Waals surface area contributed by atoms with Gasteiger partial charge in [-0.05, 0) is 51.7 Å². The molecule has 2 aliphatic rings. The molecule has 0 aromatic rings. The zero-order chi connectivity index (χ0) is 12.8. The Morgan fingerprint density at radius 2 is 1.89 bits per heavy atom. The molecule has 2 saturated heterocycles. The van der Waals surface area contributed by atoms with Crippen LogP contribution in [0.25, 0.3) is 0 Å². The Morgan fingerprint density at radius 3 is 2.56 bits per heavy atom. The first-order valence-electron chi connectivity index (χ1n) is 7.91. The van der Waals surface area contributed by atoms with Crippen LogP contribution < -0.4 is 5.32 Å². The topological polar surface area (TPSA) is 24.5 Å². The monoisotopic (exact) mass is 254 g/mol. The minimum Gasteiger partial charge on any atom is -0.378 e. The van der Waals surface area contributed by atoms with E-state index in [4.69, 9.17) is 4.74 Å². The van der Waals surface area contributed by atoms with Crippen LogP contribution in [-0.2, 0) is 4.74 Å². The Morgan fingerprint density at radius 1 is 1.11 bits per heavy atom. The van der Waals surface area contributed by atoms with Crippen LogP contribution in [-0.4, -0.2) is 49.3 Å². The van der Waals surface area contributed by atoms with Crippen molar-refractivity contribution in [2.24, 2.45) is 0 Å². The minimum atomic E-state index is 0.511. The Kier molecular flexibility index (Phi) is 5.93. The van der Waals surface area contributed by atoms with Crippen LogP contribution in [0.5, 0.6) is 0 Å². The number of rotatable bonds is 5. The first kappa shape index (κ1) is 14.3. The van der Waals surface area contributed by atoms with E-state index in [1.165, 1.54) is 58.2 Å². The first-order chi connectivity index (χ1) is 8.81. The number of piperidine rings is 1. The predicted molar refractivity (Wildman–Crippen MR) is 75.9 cm³/mol. The summed E-state index contributed by atoms with van der Waals surface area (Å²) in [5, 5.41) is 3.88. The van der Waals surface area contributed by atoms with Gasteiger partial charge in [0.05, 0.1) is 6.10 Å². The summed E-state index contributed by atoms with van der Waals surface area (Å²) in [6.07, 6.45) is 8.05. The number of hydrogen-bond donors (Lipinski definition) is 1. The second kappa shape index (κ2) is 7.46. The highest BCUT2D eigenvalue weighted by molar-refractivity contribution is 4.83. The molecule has 2 rings (SSSR count). The molecule has 106 valence electrons. The zero-order valence-electron chi connectivity index (χ0n) is 12.2. The fraction of sp³-hybridized carbons (Fsp3) is 1.00. The molecule has 0 amide bonds. The molecular weight excluding hydrogens is 224 g/mol. The molecule has 2 aliphatic heterocycles. The number of hydrogen-bond acceptors (Lipinski definition) is 3. The van der Waals surface area contributed by atoms with Crippen molar-refractivity contribution in [3.63, 3.8) is 0 Å². The van der Waals surface area contributed by atoms with Crippen LogP contribution in [0, 0.1) is 0 Å². The van der Waals surface area contributed by atoms with E-state index in [2.05, 4.69) is 24.1 Å². The molecule has 2 fully saturated rings. The molecule has 1 N–H and O–H groups in total. The highest BCUT2D eigenvalue weighted by atomic mass is 16.5. The van der Waals surface area contributed by atoms with Gasteiger partial charge in [-0.25, -0.2) is 0 Å². The van der Waals surface area contributed by atoms with Crippen molar-refractivity contribution in [1.29, 1.82) is 0 Å². The van der Waals surface area contributed by atoms with Crippen molar-refractivity contribution in [2.45, 2.75) is 70.6 Å². The van der Waals surface area contributed by atoms with Crippen molar-refractivity contribution in [3.05, 3.63) is 0 Å². The van der Waals surface area contributed by atoms with Crippen LogP contribution in [0.1, 0.15) is 52.4 Å². The lowest BCUT2D eigenvalue weighted by Gasteiger charge is -2.37. The van der Waals surface area contributed by atoms with E-state index >= 15 is 0 Å². The number of ether oxygens (including phenoxy) is 1. The van der Waals surface area contributed by atoms with Gasteiger partial charge in [0.2, 0.25) is 0 Å². The summed E-state index contributed by atoms with van der Waals surface area (Å²) < 4.78 is 5.82. The fourth-order valence-electron chi connectivity index (χ4n) is 3.30. The molecule has 18 heavy (non-hydrogen) atoms. The highest BCUT2D eigenvalue weighted by Gasteiger charge is 2.25. The molecule has 0 bridgehead atoms.